The smallest absolute Gasteiger partial charge is 0.0707 e. The summed E-state index contributed by atoms with van der Waals surface area (Å²) in [5.41, 5.74) is 1.39. The van der Waals surface area contributed by atoms with Gasteiger partial charge in [0.25, 0.3) is 0 Å². The van der Waals surface area contributed by atoms with Crippen LogP contribution in [-0.4, -0.2) is 6.04 Å². The van der Waals surface area contributed by atoms with E-state index < -0.39 is 0 Å². The van der Waals surface area contributed by atoms with Crippen molar-refractivity contribution in [3.63, 3.8) is 0 Å². The Hall–Kier alpha value is -0.0500. The molecular weight excluding hydrogens is 214 g/mol. The van der Waals surface area contributed by atoms with Crippen LogP contribution in [0.2, 0.25) is 0 Å². The monoisotopic (exact) mass is 227 g/mol. The lowest BCUT2D eigenvalue weighted by Crippen LogP contribution is -2.16. The maximum atomic E-state index is 6.43. The number of rotatable bonds is 4. The molecule has 0 bridgehead atoms. The topological polar surface area (TPSA) is 12.0 Å². The Morgan fingerprint density at radius 1 is 1.50 bits per heavy atom. The Labute approximate surface area is 93.5 Å². The van der Waals surface area contributed by atoms with Gasteiger partial charge in [-0.3, -0.25) is 0 Å². The van der Waals surface area contributed by atoms with Gasteiger partial charge in [-0.25, -0.2) is 0 Å². The zero-order chi connectivity index (χ0) is 9.60. The van der Waals surface area contributed by atoms with E-state index in [-0.39, 0.29) is 4.87 Å². The molecule has 2 aliphatic carbocycles. The first-order valence-corrected chi connectivity index (χ1v) is 6.53. The Balaban J connectivity index is 1.72. The van der Waals surface area contributed by atoms with Gasteiger partial charge in [0.15, 0.2) is 0 Å². The van der Waals surface area contributed by atoms with Crippen molar-refractivity contribution in [2.24, 2.45) is 0 Å². The highest BCUT2D eigenvalue weighted by atomic mass is 35.5. The zero-order valence-corrected chi connectivity index (χ0v) is 9.63. The van der Waals surface area contributed by atoms with Crippen LogP contribution in [0.1, 0.15) is 36.1 Å². The number of alkyl halides is 1. The second kappa shape index (κ2) is 3.22. The summed E-state index contributed by atoms with van der Waals surface area (Å²) in [6.45, 7) is 1.02. The molecule has 0 saturated heterocycles. The second-order valence-corrected chi connectivity index (χ2v) is 6.10. The molecule has 3 heteroatoms. The van der Waals surface area contributed by atoms with Crippen LogP contribution in [0, 0.1) is 0 Å². The fraction of sp³-hybridized carbons (Fsp3) is 0.636. The number of thiophene rings is 1. The van der Waals surface area contributed by atoms with Crippen LogP contribution in [0.3, 0.4) is 0 Å². The van der Waals surface area contributed by atoms with Crippen LogP contribution < -0.4 is 5.32 Å². The average molecular weight is 228 g/mol. The highest BCUT2D eigenvalue weighted by Gasteiger charge is 2.44. The molecule has 1 heterocycles. The third-order valence-electron chi connectivity index (χ3n) is 3.05. The van der Waals surface area contributed by atoms with Crippen LogP contribution in [0.15, 0.2) is 11.4 Å². The highest BCUT2D eigenvalue weighted by molar-refractivity contribution is 7.10. The van der Waals surface area contributed by atoms with Crippen molar-refractivity contribution in [2.45, 2.75) is 43.1 Å². The first-order valence-electron chi connectivity index (χ1n) is 5.27. The Morgan fingerprint density at radius 3 is 2.93 bits per heavy atom. The maximum Gasteiger partial charge on any atom is 0.0707 e. The largest absolute Gasteiger partial charge is 0.309 e. The van der Waals surface area contributed by atoms with Gasteiger partial charge < -0.3 is 5.32 Å². The van der Waals surface area contributed by atoms with E-state index in [1.807, 2.05) is 11.3 Å². The molecule has 3 rings (SSSR count). The summed E-state index contributed by atoms with van der Waals surface area (Å²) in [7, 11) is 0. The van der Waals surface area contributed by atoms with Crippen molar-refractivity contribution >= 4 is 22.9 Å². The fourth-order valence-electron chi connectivity index (χ4n) is 1.78. The van der Waals surface area contributed by atoms with Crippen LogP contribution in [0.25, 0.3) is 0 Å². The third-order valence-corrected chi connectivity index (χ3v) is 4.55. The summed E-state index contributed by atoms with van der Waals surface area (Å²) in [4.78, 5) is 1.46. The van der Waals surface area contributed by atoms with E-state index >= 15 is 0 Å². The van der Waals surface area contributed by atoms with Crippen molar-refractivity contribution in [3.05, 3.63) is 21.9 Å². The maximum absolute atomic E-state index is 6.43. The number of nitrogens with one attached hydrogen (secondary N) is 1. The molecule has 1 aromatic heterocycles. The summed E-state index contributed by atoms with van der Waals surface area (Å²) in [6, 6.07) is 2.99. The molecule has 14 heavy (non-hydrogen) atoms. The molecule has 2 saturated carbocycles. The Bertz CT molecular complexity index is 339. The molecule has 76 valence electrons. The van der Waals surface area contributed by atoms with Gasteiger partial charge in [-0.15, -0.1) is 22.9 Å². The van der Waals surface area contributed by atoms with Crippen molar-refractivity contribution in [1.82, 2.24) is 5.32 Å². The molecule has 1 N–H and O–H groups in total. The van der Waals surface area contributed by atoms with Crippen molar-refractivity contribution < 1.29 is 0 Å². The molecule has 2 aliphatic rings. The van der Waals surface area contributed by atoms with Crippen LogP contribution >= 0.6 is 22.9 Å². The predicted molar refractivity (Wildman–Crippen MR) is 60.9 cm³/mol. The van der Waals surface area contributed by atoms with Crippen LogP contribution in [-0.2, 0) is 11.4 Å². The van der Waals surface area contributed by atoms with Gasteiger partial charge in [0.2, 0.25) is 0 Å². The Kier molecular flexibility index (Phi) is 2.12. The van der Waals surface area contributed by atoms with E-state index in [1.54, 1.807) is 0 Å². The molecule has 0 aliphatic heterocycles. The minimum absolute atomic E-state index is 0.0144. The third kappa shape index (κ3) is 1.71. The van der Waals surface area contributed by atoms with E-state index in [0.717, 1.165) is 25.4 Å². The summed E-state index contributed by atoms with van der Waals surface area (Å²) in [5, 5.41) is 5.72. The van der Waals surface area contributed by atoms with Gasteiger partial charge in [0.1, 0.15) is 0 Å². The summed E-state index contributed by atoms with van der Waals surface area (Å²) >= 11 is 8.27. The van der Waals surface area contributed by atoms with E-state index in [4.69, 9.17) is 11.6 Å². The molecule has 0 atom stereocenters. The van der Waals surface area contributed by atoms with Gasteiger partial charge in [-0.1, -0.05) is 0 Å². The number of halogens is 1. The van der Waals surface area contributed by atoms with Crippen molar-refractivity contribution in [2.75, 3.05) is 0 Å². The van der Waals surface area contributed by atoms with Crippen LogP contribution in [0.4, 0.5) is 0 Å². The van der Waals surface area contributed by atoms with E-state index in [9.17, 15) is 0 Å². The summed E-state index contributed by atoms with van der Waals surface area (Å²) in [5.74, 6) is 0. The number of hydrogen-bond acceptors (Lipinski definition) is 2. The molecule has 0 amide bonds. The minimum Gasteiger partial charge on any atom is -0.309 e. The summed E-state index contributed by atoms with van der Waals surface area (Å²) < 4.78 is 0. The predicted octanol–water partition coefficient (Wildman–Crippen LogP) is 3.23. The molecule has 0 aromatic carbocycles. The lowest BCUT2D eigenvalue weighted by molar-refractivity contribution is 0.689. The van der Waals surface area contributed by atoms with E-state index in [2.05, 4.69) is 16.8 Å². The van der Waals surface area contributed by atoms with Gasteiger partial charge in [0, 0.05) is 17.5 Å². The van der Waals surface area contributed by atoms with E-state index in [0.29, 0.717) is 0 Å². The normalized spacial score (nSPS) is 23.8. The van der Waals surface area contributed by atoms with Gasteiger partial charge in [-0.2, -0.15) is 0 Å². The molecule has 1 aromatic rings. The average Bonchev–Trinajstić information content (AvgIpc) is 3.08. The highest BCUT2D eigenvalue weighted by Crippen LogP contribution is 2.53. The zero-order valence-electron chi connectivity index (χ0n) is 8.05. The first kappa shape index (κ1) is 9.20. The lowest BCUT2D eigenvalue weighted by Gasteiger charge is -2.08. The molecule has 2 fully saturated rings. The number of hydrogen-bond donors (Lipinski definition) is 1. The molecular formula is C11H14ClNS. The van der Waals surface area contributed by atoms with Crippen molar-refractivity contribution in [1.29, 1.82) is 0 Å². The fourth-order valence-corrected chi connectivity index (χ4v) is 3.03. The van der Waals surface area contributed by atoms with Crippen molar-refractivity contribution in [3.8, 4) is 0 Å². The molecule has 1 nitrogen and oxygen atoms in total. The standard InChI is InChI=1S/C11H14ClNS/c12-11(4-5-11)9-3-6-14-10(9)7-13-8-1-2-8/h3,6,8,13H,1-2,4-5,7H2. The molecule has 0 radical (unpaired) electrons. The SMILES string of the molecule is ClC1(c2ccsc2CNC2CC2)CC1. The van der Waals surface area contributed by atoms with Crippen LogP contribution in [0.5, 0.6) is 0 Å². The summed E-state index contributed by atoms with van der Waals surface area (Å²) in [6.07, 6.45) is 5.02. The van der Waals surface area contributed by atoms with E-state index in [1.165, 1.54) is 23.3 Å². The van der Waals surface area contributed by atoms with Gasteiger partial charge in [0.05, 0.1) is 4.87 Å². The second-order valence-electron chi connectivity index (χ2n) is 4.38. The first-order chi connectivity index (χ1) is 6.78. The molecule has 0 spiro atoms. The minimum atomic E-state index is 0.0144. The lowest BCUT2D eigenvalue weighted by atomic mass is 10.1. The van der Waals surface area contributed by atoms with Gasteiger partial charge >= 0.3 is 0 Å². The quantitative estimate of drug-likeness (QED) is 0.779. The molecule has 0 unspecified atom stereocenters. The Morgan fingerprint density at radius 2 is 2.29 bits per heavy atom. The van der Waals surface area contributed by atoms with Gasteiger partial charge in [-0.05, 0) is 42.7 Å².